The van der Waals surface area contributed by atoms with Gasteiger partial charge in [-0.3, -0.25) is 0 Å². The molecule has 0 unspecified atom stereocenters. The van der Waals surface area contributed by atoms with Crippen LogP contribution in [0.25, 0.3) is 22.2 Å². The van der Waals surface area contributed by atoms with Crippen molar-refractivity contribution in [1.82, 2.24) is 9.97 Å². The van der Waals surface area contributed by atoms with Gasteiger partial charge in [0.25, 0.3) is 0 Å². The number of rotatable bonds is 2. The first-order valence-electron chi connectivity index (χ1n) is 8.08. The molecule has 0 amide bonds. The van der Waals surface area contributed by atoms with Gasteiger partial charge in [-0.15, -0.1) is 0 Å². The summed E-state index contributed by atoms with van der Waals surface area (Å²) in [6, 6.07) is 14.1. The third-order valence-corrected chi connectivity index (χ3v) is 4.50. The summed E-state index contributed by atoms with van der Waals surface area (Å²) < 4.78 is 5.44. The summed E-state index contributed by atoms with van der Waals surface area (Å²) in [5.41, 5.74) is 4.15. The van der Waals surface area contributed by atoms with Crippen LogP contribution in [0.2, 0.25) is 5.02 Å². The SMILES string of the molecule is Cc1ccc2nc(N3CCOCC3)nc(-c3ccc(Cl)cc3)c2c1. The molecule has 0 saturated carbocycles. The number of fused-ring (bicyclic) bond motifs is 1. The molecule has 5 heteroatoms. The number of nitrogens with zero attached hydrogens (tertiary/aromatic N) is 3. The average Bonchev–Trinajstić information content (AvgIpc) is 2.62. The molecule has 2 heterocycles. The zero-order valence-corrected chi connectivity index (χ0v) is 14.3. The first-order valence-corrected chi connectivity index (χ1v) is 8.45. The van der Waals surface area contributed by atoms with Crippen LogP contribution in [0.5, 0.6) is 0 Å². The van der Waals surface area contributed by atoms with Gasteiger partial charge in [-0.1, -0.05) is 35.4 Å². The van der Waals surface area contributed by atoms with Crippen LogP contribution in [-0.4, -0.2) is 36.3 Å². The van der Waals surface area contributed by atoms with E-state index in [0.717, 1.165) is 46.2 Å². The molecule has 2 aromatic carbocycles. The van der Waals surface area contributed by atoms with E-state index in [0.29, 0.717) is 13.2 Å². The molecule has 24 heavy (non-hydrogen) atoms. The van der Waals surface area contributed by atoms with Crippen molar-refractivity contribution in [2.24, 2.45) is 0 Å². The van der Waals surface area contributed by atoms with E-state index in [4.69, 9.17) is 26.3 Å². The number of ether oxygens (including phenoxy) is 1. The predicted molar refractivity (Wildman–Crippen MR) is 97.8 cm³/mol. The summed E-state index contributed by atoms with van der Waals surface area (Å²) in [5.74, 6) is 0.764. The molecule has 1 fully saturated rings. The van der Waals surface area contributed by atoms with Crippen LogP contribution < -0.4 is 4.90 Å². The predicted octanol–water partition coefficient (Wildman–Crippen LogP) is 4.10. The number of aryl methyl sites for hydroxylation is 1. The Morgan fingerprint density at radius 2 is 1.75 bits per heavy atom. The number of anilines is 1. The van der Waals surface area contributed by atoms with Crippen molar-refractivity contribution in [3.05, 3.63) is 53.1 Å². The molecule has 1 aliphatic rings. The summed E-state index contributed by atoms with van der Waals surface area (Å²) in [7, 11) is 0. The highest BCUT2D eigenvalue weighted by atomic mass is 35.5. The number of halogens is 1. The van der Waals surface area contributed by atoms with Crippen LogP contribution in [0.4, 0.5) is 5.95 Å². The molecular formula is C19H18ClN3O. The van der Waals surface area contributed by atoms with Crippen molar-refractivity contribution in [1.29, 1.82) is 0 Å². The quantitative estimate of drug-likeness (QED) is 0.704. The minimum Gasteiger partial charge on any atom is -0.378 e. The van der Waals surface area contributed by atoms with Gasteiger partial charge in [0.15, 0.2) is 0 Å². The van der Waals surface area contributed by atoms with E-state index >= 15 is 0 Å². The number of benzene rings is 2. The Balaban J connectivity index is 1.90. The van der Waals surface area contributed by atoms with Crippen molar-refractivity contribution in [2.45, 2.75) is 6.92 Å². The van der Waals surface area contributed by atoms with E-state index in [1.54, 1.807) is 0 Å². The fourth-order valence-corrected chi connectivity index (χ4v) is 3.09. The van der Waals surface area contributed by atoms with Gasteiger partial charge in [0, 0.05) is 29.1 Å². The highest BCUT2D eigenvalue weighted by Crippen LogP contribution is 2.30. The lowest BCUT2D eigenvalue weighted by Crippen LogP contribution is -2.37. The normalized spacial score (nSPS) is 15.0. The summed E-state index contributed by atoms with van der Waals surface area (Å²) in [5, 5.41) is 1.79. The second-order valence-corrected chi connectivity index (χ2v) is 6.44. The van der Waals surface area contributed by atoms with Crippen molar-refractivity contribution in [3.8, 4) is 11.3 Å². The third kappa shape index (κ3) is 2.95. The molecule has 122 valence electrons. The topological polar surface area (TPSA) is 38.2 Å². The molecule has 4 nitrogen and oxygen atoms in total. The standard InChI is InChI=1S/C19H18ClN3O/c1-13-2-7-17-16(12-13)18(14-3-5-15(20)6-4-14)22-19(21-17)23-8-10-24-11-9-23/h2-7,12H,8-11H2,1H3. The molecule has 0 N–H and O–H groups in total. The lowest BCUT2D eigenvalue weighted by molar-refractivity contribution is 0.122. The molecule has 0 spiro atoms. The van der Waals surface area contributed by atoms with E-state index in [1.807, 2.05) is 24.3 Å². The summed E-state index contributed by atoms with van der Waals surface area (Å²) in [4.78, 5) is 11.8. The average molecular weight is 340 g/mol. The van der Waals surface area contributed by atoms with Gasteiger partial charge in [-0.05, 0) is 31.2 Å². The van der Waals surface area contributed by atoms with Crippen molar-refractivity contribution in [3.63, 3.8) is 0 Å². The van der Waals surface area contributed by atoms with Crippen LogP contribution >= 0.6 is 11.6 Å². The maximum Gasteiger partial charge on any atom is 0.226 e. The molecular weight excluding hydrogens is 322 g/mol. The molecule has 3 aromatic rings. The number of hydrogen-bond donors (Lipinski definition) is 0. The monoisotopic (exact) mass is 339 g/mol. The van der Waals surface area contributed by atoms with Crippen LogP contribution in [0.1, 0.15) is 5.56 Å². The Labute approximate surface area is 146 Å². The van der Waals surface area contributed by atoms with E-state index in [1.165, 1.54) is 5.56 Å². The van der Waals surface area contributed by atoms with Gasteiger partial charge >= 0.3 is 0 Å². The highest BCUT2D eigenvalue weighted by molar-refractivity contribution is 6.30. The molecule has 4 rings (SSSR count). The lowest BCUT2D eigenvalue weighted by atomic mass is 10.0. The zero-order chi connectivity index (χ0) is 16.5. The first-order chi connectivity index (χ1) is 11.7. The molecule has 1 aromatic heterocycles. The van der Waals surface area contributed by atoms with E-state index < -0.39 is 0 Å². The number of morpholine rings is 1. The Morgan fingerprint density at radius 3 is 2.50 bits per heavy atom. The van der Waals surface area contributed by atoms with E-state index in [9.17, 15) is 0 Å². The number of hydrogen-bond acceptors (Lipinski definition) is 4. The summed E-state index contributed by atoms with van der Waals surface area (Å²) in [6.07, 6.45) is 0. The second-order valence-electron chi connectivity index (χ2n) is 6.00. The Morgan fingerprint density at radius 1 is 1.00 bits per heavy atom. The van der Waals surface area contributed by atoms with Crippen LogP contribution in [0, 0.1) is 6.92 Å². The van der Waals surface area contributed by atoms with E-state index in [-0.39, 0.29) is 0 Å². The molecule has 1 saturated heterocycles. The molecule has 0 radical (unpaired) electrons. The van der Waals surface area contributed by atoms with Gasteiger partial charge in [0.05, 0.1) is 24.4 Å². The van der Waals surface area contributed by atoms with Gasteiger partial charge in [-0.25, -0.2) is 9.97 Å². The van der Waals surface area contributed by atoms with Gasteiger partial charge in [0.1, 0.15) is 0 Å². The summed E-state index contributed by atoms with van der Waals surface area (Å²) >= 11 is 6.04. The first kappa shape index (κ1) is 15.4. The zero-order valence-electron chi connectivity index (χ0n) is 13.5. The van der Waals surface area contributed by atoms with Crippen molar-refractivity contribution >= 4 is 28.5 Å². The number of aromatic nitrogens is 2. The van der Waals surface area contributed by atoms with Gasteiger partial charge < -0.3 is 9.64 Å². The van der Waals surface area contributed by atoms with Crippen molar-refractivity contribution < 1.29 is 4.74 Å². The van der Waals surface area contributed by atoms with Crippen LogP contribution in [0.15, 0.2) is 42.5 Å². The lowest BCUT2D eigenvalue weighted by Gasteiger charge is -2.27. The fourth-order valence-electron chi connectivity index (χ4n) is 2.96. The maximum absolute atomic E-state index is 6.04. The van der Waals surface area contributed by atoms with Gasteiger partial charge in [0.2, 0.25) is 5.95 Å². The third-order valence-electron chi connectivity index (χ3n) is 4.25. The smallest absolute Gasteiger partial charge is 0.226 e. The Hall–Kier alpha value is -2.17. The molecule has 0 atom stereocenters. The highest BCUT2D eigenvalue weighted by Gasteiger charge is 2.17. The molecule has 1 aliphatic heterocycles. The van der Waals surface area contributed by atoms with Crippen molar-refractivity contribution in [2.75, 3.05) is 31.2 Å². The van der Waals surface area contributed by atoms with Gasteiger partial charge in [-0.2, -0.15) is 0 Å². The summed E-state index contributed by atoms with van der Waals surface area (Å²) in [6.45, 7) is 5.15. The minimum atomic E-state index is 0.714. The van der Waals surface area contributed by atoms with Crippen LogP contribution in [0.3, 0.4) is 0 Å². The second kappa shape index (κ2) is 6.38. The maximum atomic E-state index is 6.04. The Kier molecular flexibility index (Phi) is 4.08. The fraction of sp³-hybridized carbons (Fsp3) is 0.263. The molecule has 0 bridgehead atoms. The van der Waals surface area contributed by atoms with E-state index in [2.05, 4.69) is 30.0 Å². The van der Waals surface area contributed by atoms with Crippen LogP contribution in [-0.2, 0) is 4.74 Å². The largest absolute Gasteiger partial charge is 0.378 e. The molecule has 0 aliphatic carbocycles. The minimum absolute atomic E-state index is 0.714. The Bertz CT molecular complexity index is 874.